The molecule has 0 aliphatic rings. The number of fused-ring (bicyclic) bond motifs is 1. The number of imidazole rings is 1. The van der Waals surface area contributed by atoms with E-state index in [9.17, 15) is 13.2 Å². The smallest absolute Gasteiger partial charge is 0.255 e. The number of nitrogens with one attached hydrogen (secondary N) is 3. The second-order valence-corrected chi connectivity index (χ2v) is 12.6. The fraction of sp³-hybridized carbons (Fsp3) is 0.0769. The van der Waals surface area contributed by atoms with E-state index in [4.69, 9.17) is 11.6 Å². The molecule has 2 aromatic heterocycles. The molecule has 0 unspecified atom stereocenters. The van der Waals surface area contributed by atoms with Gasteiger partial charge in [0.1, 0.15) is 4.21 Å². The maximum absolute atomic E-state index is 12.8. The topological polar surface area (TPSA) is 105 Å². The molecule has 0 aliphatic carbocycles. The predicted octanol–water partition coefficient (Wildman–Crippen LogP) is 6.53. The van der Waals surface area contributed by atoms with Gasteiger partial charge in [0.25, 0.3) is 5.91 Å². The lowest BCUT2D eigenvalue weighted by Gasteiger charge is -2.11. The first-order chi connectivity index (χ1) is 18.2. The Kier molecular flexibility index (Phi) is 7.55. The lowest BCUT2D eigenvalue weighted by atomic mass is 10.2. The Morgan fingerprint density at radius 1 is 1.08 bits per heavy atom. The van der Waals surface area contributed by atoms with Crippen molar-refractivity contribution in [2.24, 2.45) is 7.05 Å². The van der Waals surface area contributed by atoms with Crippen LogP contribution in [0.25, 0.3) is 11.0 Å². The van der Waals surface area contributed by atoms with Gasteiger partial charge >= 0.3 is 0 Å². The number of amides is 1. The Hall–Kier alpha value is -3.22. The van der Waals surface area contributed by atoms with Crippen LogP contribution in [0.5, 0.6) is 0 Å². The van der Waals surface area contributed by atoms with Crippen LogP contribution in [0.15, 0.2) is 86.9 Å². The van der Waals surface area contributed by atoms with Gasteiger partial charge in [-0.3, -0.25) is 4.79 Å². The molecule has 0 bridgehead atoms. The summed E-state index contributed by atoms with van der Waals surface area (Å²) >= 11 is 11.0. The molecule has 1 amide bonds. The number of rotatable bonds is 8. The van der Waals surface area contributed by atoms with Crippen molar-refractivity contribution in [3.8, 4) is 0 Å². The van der Waals surface area contributed by atoms with Crippen LogP contribution < -0.4 is 15.4 Å². The first-order valence-corrected chi connectivity index (χ1v) is 14.8. The first-order valence-electron chi connectivity index (χ1n) is 11.3. The second kappa shape index (κ2) is 10.9. The molecule has 12 heteroatoms. The van der Waals surface area contributed by atoms with Gasteiger partial charge < -0.3 is 15.2 Å². The molecule has 0 saturated carbocycles. The van der Waals surface area contributed by atoms with Gasteiger partial charge in [0.2, 0.25) is 16.0 Å². The number of halogens is 2. The molecule has 5 rings (SSSR count). The van der Waals surface area contributed by atoms with Gasteiger partial charge in [-0.05, 0) is 71.6 Å². The summed E-state index contributed by atoms with van der Waals surface area (Å²) in [5.74, 6) is 0.277. The molecular formula is C26H21BrClN5O3S2. The molecule has 38 heavy (non-hydrogen) atoms. The summed E-state index contributed by atoms with van der Waals surface area (Å²) in [6.07, 6.45) is 0. The van der Waals surface area contributed by atoms with Gasteiger partial charge in [-0.2, -0.15) is 0 Å². The highest BCUT2D eigenvalue weighted by molar-refractivity contribution is 9.10. The zero-order valence-electron chi connectivity index (χ0n) is 19.9. The summed E-state index contributed by atoms with van der Waals surface area (Å²) in [4.78, 5) is 17.4. The van der Waals surface area contributed by atoms with Crippen LogP contribution in [0.2, 0.25) is 5.02 Å². The maximum atomic E-state index is 12.8. The van der Waals surface area contributed by atoms with Crippen LogP contribution in [0.1, 0.15) is 15.9 Å². The highest BCUT2D eigenvalue weighted by Crippen LogP contribution is 2.29. The molecule has 5 aromatic rings. The number of carbonyl (C=O) groups excluding carboxylic acids is 1. The minimum atomic E-state index is -3.59. The van der Waals surface area contributed by atoms with E-state index in [2.05, 4.69) is 36.3 Å². The van der Waals surface area contributed by atoms with Crippen molar-refractivity contribution in [3.63, 3.8) is 0 Å². The number of hydrogen-bond donors (Lipinski definition) is 3. The van der Waals surface area contributed by atoms with E-state index < -0.39 is 10.0 Å². The molecule has 0 radical (unpaired) electrons. The zero-order chi connectivity index (χ0) is 26.9. The van der Waals surface area contributed by atoms with Gasteiger partial charge in [-0.25, -0.2) is 18.1 Å². The number of hydrogen-bond acceptors (Lipinski definition) is 6. The number of carbonyl (C=O) groups is 1. The average Bonchev–Trinajstić information content (AvgIpc) is 3.55. The average molecular weight is 631 g/mol. The molecule has 3 N–H and O–H groups in total. The number of sulfonamides is 1. The fourth-order valence-corrected chi connectivity index (χ4v) is 6.24. The largest absolute Gasteiger partial charge is 0.324 e. The van der Waals surface area contributed by atoms with E-state index in [1.165, 1.54) is 0 Å². The van der Waals surface area contributed by atoms with Crippen LogP contribution in [-0.2, 0) is 23.6 Å². The molecule has 194 valence electrons. The van der Waals surface area contributed by atoms with Crippen molar-refractivity contribution >= 4 is 83.2 Å². The van der Waals surface area contributed by atoms with Crippen molar-refractivity contribution in [3.05, 3.63) is 98.8 Å². The Morgan fingerprint density at radius 2 is 1.87 bits per heavy atom. The normalized spacial score (nSPS) is 11.6. The van der Waals surface area contributed by atoms with Gasteiger partial charge in [0, 0.05) is 29.3 Å². The summed E-state index contributed by atoms with van der Waals surface area (Å²) < 4.78 is 30.6. The number of benzene rings is 3. The summed E-state index contributed by atoms with van der Waals surface area (Å²) in [5, 5.41) is 8.28. The third kappa shape index (κ3) is 5.77. The van der Waals surface area contributed by atoms with Crippen LogP contribution in [0, 0.1) is 0 Å². The van der Waals surface area contributed by atoms with E-state index >= 15 is 0 Å². The molecule has 0 fully saturated rings. The highest BCUT2D eigenvalue weighted by atomic mass is 79.9. The number of anilines is 3. The second-order valence-electron chi connectivity index (χ2n) is 8.35. The summed E-state index contributed by atoms with van der Waals surface area (Å²) in [7, 11) is -1.74. The van der Waals surface area contributed by atoms with E-state index in [1.807, 2.05) is 41.9 Å². The number of thiophene rings is 1. The molecule has 8 nitrogen and oxygen atoms in total. The number of nitrogens with zero attached hydrogens (tertiary/aromatic N) is 2. The molecule has 0 atom stereocenters. The number of aryl methyl sites for hydroxylation is 1. The van der Waals surface area contributed by atoms with Crippen LogP contribution in [0.4, 0.5) is 17.3 Å². The minimum absolute atomic E-state index is 0.103. The Labute approximate surface area is 236 Å². The van der Waals surface area contributed by atoms with E-state index in [1.54, 1.807) is 47.8 Å². The van der Waals surface area contributed by atoms with Crippen molar-refractivity contribution in [1.29, 1.82) is 0 Å². The van der Waals surface area contributed by atoms with Gasteiger partial charge in [-0.1, -0.05) is 39.7 Å². The van der Waals surface area contributed by atoms with Crippen LogP contribution in [0.3, 0.4) is 0 Å². The summed E-state index contributed by atoms with van der Waals surface area (Å²) in [6.45, 7) is 0.103. The number of aromatic nitrogens is 2. The molecule has 0 spiro atoms. The van der Waals surface area contributed by atoms with Gasteiger partial charge in [0.15, 0.2) is 0 Å². The standard InChI is InChI=1S/C26H21BrClN5O3S2/c1-33-23-11-5-17(25(34)30-19-8-6-18(27)7-9-19)14-22(23)32-26(33)31-21-13-16(4-10-20(21)28)15-29-38(35,36)24-3-2-12-37-24/h2-14,29H,15H2,1H3,(H,30,34)(H,31,32). The lowest BCUT2D eigenvalue weighted by molar-refractivity contribution is 0.102. The maximum Gasteiger partial charge on any atom is 0.255 e. The predicted molar refractivity (Wildman–Crippen MR) is 156 cm³/mol. The minimum Gasteiger partial charge on any atom is -0.324 e. The van der Waals surface area contributed by atoms with E-state index in [0.717, 1.165) is 26.9 Å². The first kappa shape index (κ1) is 26.4. The SMILES string of the molecule is Cn1c(Nc2cc(CNS(=O)(=O)c3cccs3)ccc2Cl)nc2cc(C(=O)Nc3ccc(Br)cc3)ccc21. The summed E-state index contributed by atoms with van der Waals surface area (Å²) in [5.41, 5.74) is 3.92. The monoisotopic (exact) mass is 629 g/mol. The van der Waals surface area contributed by atoms with Crippen molar-refractivity contribution in [1.82, 2.24) is 14.3 Å². The lowest BCUT2D eigenvalue weighted by Crippen LogP contribution is -2.22. The van der Waals surface area contributed by atoms with Crippen LogP contribution >= 0.6 is 38.9 Å². The molecular weight excluding hydrogens is 610 g/mol. The van der Waals surface area contributed by atoms with Crippen LogP contribution in [-0.4, -0.2) is 23.9 Å². The van der Waals surface area contributed by atoms with Crippen molar-refractivity contribution in [2.45, 2.75) is 10.8 Å². The Balaban J connectivity index is 1.34. The van der Waals surface area contributed by atoms with Crippen molar-refractivity contribution in [2.75, 3.05) is 10.6 Å². The quantitative estimate of drug-likeness (QED) is 0.181. The highest BCUT2D eigenvalue weighted by Gasteiger charge is 2.16. The Bertz CT molecular complexity index is 1740. The van der Waals surface area contributed by atoms with Gasteiger partial charge in [-0.15, -0.1) is 11.3 Å². The molecule has 3 aromatic carbocycles. The fourth-order valence-electron chi connectivity index (χ4n) is 3.75. The third-order valence-corrected chi connectivity index (χ3v) is 9.41. The van der Waals surface area contributed by atoms with Crippen molar-refractivity contribution < 1.29 is 13.2 Å². The zero-order valence-corrected chi connectivity index (χ0v) is 23.9. The van der Waals surface area contributed by atoms with E-state index in [-0.39, 0.29) is 16.7 Å². The molecule has 0 aliphatic heterocycles. The third-order valence-electron chi connectivity index (χ3n) is 5.75. The summed E-state index contributed by atoms with van der Waals surface area (Å²) in [6, 6.07) is 21.1. The molecule has 2 heterocycles. The van der Waals surface area contributed by atoms with Gasteiger partial charge in [0.05, 0.1) is 21.7 Å². The Morgan fingerprint density at radius 3 is 2.61 bits per heavy atom. The molecule has 0 saturated heterocycles. The van der Waals surface area contributed by atoms with E-state index in [0.29, 0.717) is 33.4 Å².